The lowest BCUT2D eigenvalue weighted by atomic mass is 10.1. The zero-order chi connectivity index (χ0) is 12.5. The molecule has 0 bridgehead atoms. The van der Waals surface area contributed by atoms with Crippen LogP contribution in [0.5, 0.6) is 0 Å². The number of nitrogens with one attached hydrogen (secondary N) is 1. The minimum absolute atomic E-state index is 0.496. The summed E-state index contributed by atoms with van der Waals surface area (Å²) in [6.45, 7) is 7.96. The van der Waals surface area contributed by atoms with E-state index in [1.807, 2.05) is 12.5 Å². The third-order valence-corrected chi connectivity index (χ3v) is 4.45. The zero-order valence-corrected chi connectivity index (χ0v) is 11.5. The molecule has 4 nitrogen and oxygen atoms in total. The standard InChI is InChI=1S/C14H24N4/c1-11(2)18-10-15-8-12(18)9-16-13-5-7-17-6-3-4-14(13)17/h8,10-11,13-14,16H,3-7,9H2,1-2H3. The van der Waals surface area contributed by atoms with Crippen LogP contribution in [0.2, 0.25) is 0 Å². The van der Waals surface area contributed by atoms with Crippen LogP contribution < -0.4 is 5.32 Å². The van der Waals surface area contributed by atoms with Gasteiger partial charge < -0.3 is 9.88 Å². The van der Waals surface area contributed by atoms with Crippen molar-refractivity contribution >= 4 is 0 Å². The Kier molecular flexibility index (Phi) is 3.39. The van der Waals surface area contributed by atoms with Crippen LogP contribution in [0.15, 0.2) is 12.5 Å². The molecule has 0 amide bonds. The number of nitrogens with zero attached hydrogens (tertiary/aromatic N) is 3. The van der Waals surface area contributed by atoms with Crippen LogP contribution >= 0.6 is 0 Å². The maximum absolute atomic E-state index is 4.27. The highest BCUT2D eigenvalue weighted by atomic mass is 15.2. The van der Waals surface area contributed by atoms with E-state index in [0.717, 1.165) is 12.6 Å². The molecule has 0 radical (unpaired) electrons. The second-order valence-corrected chi connectivity index (χ2v) is 5.91. The van der Waals surface area contributed by atoms with E-state index in [-0.39, 0.29) is 0 Å². The largest absolute Gasteiger partial charge is 0.331 e. The van der Waals surface area contributed by atoms with Crippen LogP contribution in [-0.2, 0) is 6.54 Å². The summed E-state index contributed by atoms with van der Waals surface area (Å²) < 4.78 is 2.26. The first-order valence-corrected chi connectivity index (χ1v) is 7.24. The molecule has 2 atom stereocenters. The molecule has 1 N–H and O–H groups in total. The lowest BCUT2D eigenvalue weighted by Gasteiger charge is -2.22. The van der Waals surface area contributed by atoms with Gasteiger partial charge in [-0.25, -0.2) is 4.98 Å². The average Bonchev–Trinajstić information content (AvgIpc) is 3.03. The fourth-order valence-electron chi connectivity index (χ4n) is 3.49. The Balaban J connectivity index is 1.59. The Morgan fingerprint density at radius 1 is 1.39 bits per heavy atom. The first-order valence-electron chi connectivity index (χ1n) is 7.24. The van der Waals surface area contributed by atoms with Gasteiger partial charge in [0.05, 0.1) is 12.0 Å². The molecule has 0 aliphatic carbocycles. The maximum atomic E-state index is 4.27. The molecule has 100 valence electrons. The Bertz CT molecular complexity index is 398. The first kappa shape index (κ1) is 12.2. The van der Waals surface area contributed by atoms with E-state index in [4.69, 9.17) is 0 Å². The highest BCUT2D eigenvalue weighted by molar-refractivity contribution is 5.02. The molecule has 4 heteroatoms. The predicted molar refractivity (Wildman–Crippen MR) is 72.5 cm³/mol. The van der Waals surface area contributed by atoms with E-state index in [1.54, 1.807) is 0 Å². The summed E-state index contributed by atoms with van der Waals surface area (Å²) in [6.07, 6.45) is 8.00. The van der Waals surface area contributed by atoms with Gasteiger partial charge in [0.2, 0.25) is 0 Å². The van der Waals surface area contributed by atoms with Crippen molar-refractivity contribution in [1.82, 2.24) is 19.8 Å². The zero-order valence-electron chi connectivity index (χ0n) is 11.5. The SMILES string of the molecule is CC(C)n1cncc1CNC1CCN2CCCC12. The normalized spacial score (nSPS) is 28.2. The van der Waals surface area contributed by atoms with Crippen molar-refractivity contribution < 1.29 is 0 Å². The monoisotopic (exact) mass is 248 g/mol. The molecule has 2 saturated heterocycles. The summed E-state index contributed by atoms with van der Waals surface area (Å²) in [7, 11) is 0. The molecule has 3 rings (SSSR count). The van der Waals surface area contributed by atoms with Crippen molar-refractivity contribution in [1.29, 1.82) is 0 Å². The molecule has 0 spiro atoms. The Morgan fingerprint density at radius 2 is 2.28 bits per heavy atom. The Hall–Kier alpha value is -0.870. The lowest BCUT2D eigenvalue weighted by Crippen LogP contribution is -2.39. The fraction of sp³-hybridized carbons (Fsp3) is 0.786. The van der Waals surface area contributed by atoms with Gasteiger partial charge in [0.15, 0.2) is 0 Å². The number of aromatic nitrogens is 2. The van der Waals surface area contributed by atoms with Crippen LogP contribution in [0.1, 0.15) is 44.8 Å². The lowest BCUT2D eigenvalue weighted by molar-refractivity contribution is 0.297. The van der Waals surface area contributed by atoms with Gasteiger partial charge in [-0.15, -0.1) is 0 Å². The summed E-state index contributed by atoms with van der Waals surface area (Å²) in [5.74, 6) is 0. The second-order valence-electron chi connectivity index (χ2n) is 5.91. The molecule has 1 aromatic rings. The topological polar surface area (TPSA) is 33.1 Å². The van der Waals surface area contributed by atoms with E-state index in [2.05, 4.69) is 33.6 Å². The van der Waals surface area contributed by atoms with E-state index in [0.29, 0.717) is 12.1 Å². The van der Waals surface area contributed by atoms with Gasteiger partial charge in [0.25, 0.3) is 0 Å². The van der Waals surface area contributed by atoms with Gasteiger partial charge in [-0.2, -0.15) is 0 Å². The Morgan fingerprint density at radius 3 is 3.11 bits per heavy atom. The minimum atomic E-state index is 0.496. The first-order chi connectivity index (χ1) is 8.75. The third-order valence-electron chi connectivity index (χ3n) is 4.45. The van der Waals surface area contributed by atoms with Gasteiger partial charge in [-0.1, -0.05) is 0 Å². The van der Waals surface area contributed by atoms with Crippen molar-refractivity contribution in [2.24, 2.45) is 0 Å². The van der Waals surface area contributed by atoms with E-state index >= 15 is 0 Å². The van der Waals surface area contributed by atoms with Crippen LogP contribution in [0.3, 0.4) is 0 Å². The van der Waals surface area contributed by atoms with Gasteiger partial charge >= 0.3 is 0 Å². The number of imidazole rings is 1. The highest BCUT2D eigenvalue weighted by Gasteiger charge is 2.36. The third kappa shape index (κ3) is 2.19. The molecule has 0 aromatic carbocycles. The van der Waals surface area contributed by atoms with E-state index in [9.17, 15) is 0 Å². The molecule has 2 aliphatic rings. The fourth-order valence-corrected chi connectivity index (χ4v) is 3.49. The number of hydrogen-bond acceptors (Lipinski definition) is 3. The summed E-state index contributed by atoms with van der Waals surface area (Å²) in [6, 6.07) is 1.97. The van der Waals surface area contributed by atoms with Gasteiger partial charge in [-0.05, 0) is 39.7 Å². The molecule has 0 saturated carbocycles. The molecular weight excluding hydrogens is 224 g/mol. The summed E-state index contributed by atoms with van der Waals surface area (Å²) in [5, 5.41) is 3.75. The van der Waals surface area contributed by atoms with Crippen LogP contribution in [0, 0.1) is 0 Å². The van der Waals surface area contributed by atoms with Gasteiger partial charge in [0.1, 0.15) is 0 Å². The minimum Gasteiger partial charge on any atom is -0.331 e. The average molecular weight is 248 g/mol. The van der Waals surface area contributed by atoms with E-state index < -0.39 is 0 Å². The number of rotatable bonds is 4. The molecule has 18 heavy (non-hydrogen) atoms. The second kappa shape index (κ2) is 5.02. The summed E-state index contributed by atoms with van der Waals surface area (Å²) >= 11 is 0. The predicted octanol–water partition coefficient (Wildman–Crippen LogP) is 1.79. The highest BCUT2D eigenvalue weighted by Crippen LogP contribution is 2.28. The Labute approximate surface area is 109 Å². The number of hydrogen-bond donors (Lipinski definition) is 1. The van der Waals surface area contributed by atoms with Crippen molar-refractivity contribution in [3.63, 3.8) is 0 Å². The van der Waals surface area contributed by atoms with Crippen molar-refractivity contribution in [3.8, 4) is 0 Å². The summed E-state index contributed by atoms with van der Waals surface area (Å²) in [4.78, 5) is 6.92. The number of fused-ring (bicyclic) bond motifs is 1. The summed E-state index contributed by atoms with van der Waals surface area (Å²) in [5.41, 5.74) is 1.31. The van der Waals surface area contributed by atoms with E-state index in [1.165, 1.54) is 38.0 Å². The molecule has 2 fully saturated rings. The van der Waals surface area contributed by atoms with Crippen LogP contribution in [0.25, 0.3) is 0 Å². The van der Waals surface area contributed by atoms with Gasteiger partial charge in [-0.3, -0.25) is 4.90 Å². The van der Waals surface area contributed by atoms with Crippen molar-refractivity contribution in [2.75, 3.05) is 13.1 Å². The van der Waals surface area contributed by atoms with Crippen LogP contribution in [0.4, 0.5) is 0 Å². The van der Waals surface area contributed by atoms with Crippen LogP contribution in [-0.4, -0.2) is 39.6 Å². The molecule has 3 heterocycles. The van der Waals surface area contributed by atoms with Crippen molar-refractivity contribution in [2.45, 2.75) is 57.8 Å². The quantitative estimate of drug-likeness (QED) is 0.882. The molecule has 2 aliphatic heterocycles. The van der Waals surface area contributed by atoms with Crippen molar-refractivity contribution in [3.05, 3.63) is 18.2 Å². The molecule has 1 aromatic heterocycles. The molecule has 2 unspecified atom stereocenters. The maximum Gasteiger partial charge on any atom is 0.0951 e. The van der Waals surface area contributed by atoms with Gasteiger partial charge in [0, 0.05) is 37.4 Å². The molecular formula is C14H24N4. The smallest absolute Gasteiger partial charge is 0.0951 e.